The van der Waals surface area contributed by atoms with Crippen molar-refractivity contribution in [3.05, 3.63) is 38.9 Å². The van der Waals surface area contributed by atoms with Crippen LogP contribution in [0.1, 0.15) is 18.5 Å². The van der Waals surface area contributed by atoms with Crippen LogP contribution < -0.4 is 5.73 Å². The molecule has 82 valence electrons. The minimum Gasteiger partial charge on any atom is -0.360 e. The van der Waals surface area contributed by atoms with Crippen LogP contribution in [0, 0.1) is 6.57 Å². The van der Waals surface area contributed by atoms with Crippen molar-refractivity contribution < 1.29 is 0 Å². The first-order chi connectivity index (χ1) is 7.74. The Balaban J connectivity index is 0.000000125. The second-order valence-corrected chi connectivity index (χ2v) is 4.93. The molecule has 2 N–H and O–H groups in total. The first-order valence-corrected chi connectivity index (χ1v) is 6.56. The predicted octanol–water partition coefficient (Wildman–Crippen LogP) is 2.78. The van der Waals surface area contributed by atoms with Gasteiger partial charge in [0.25, 0.3) is 5.82 Å². The van der Waals surface area contributed by atoms with E-state index in [1.54, 1.807) is 22.2 Å². The minimum absolute atomic E-state index is 0.0278. The fourth-order valence-corrected chi connectivity index (χ4v) is 2.24. The molecule has 0 spiro atoms. The Morgan fingerprint density at radius 2 is 1.94 bits per heavy atom. The van der Waals surface area contributed by atoms with Gasteiger partial charge >= 0.3 is 0 Å². The third-order valence-corrected chi connectivity index (χ3v) is 3.43. The van der Waals surface area contributed by atoms with Crippen molar-refractivity contribution in [1.29, 1.82) is 0 Å². The maximum absolute atomic E-state index is 6.43. The maximum Gasteiger partial charge on any atom is 0.280 e. The number of nitrogens with zero attached hydrogens (tertiary/aromatic N) is 3. The second kappa shape index (κ2) is 4.70. The fraction of sp³-hybridized carbons (Fsp3) is 0.300. The Hall–Kier alpha value is -1.29. The Kier molecular flexibility index (Phi) is 3.29. The molecule has 4 nitrogen and oxygen atoms in total. The molecular formula is C10H10N4S2. The summed E-state index contributed by atoms with van der Waals surface area (Å²) >= 11 is 3.05. The van der Waals surface area contributed by atoms with Crippen molar-refractivity contribution in [3.8, 4) is 0 Å². The minimum atomic E-state index is -0.0278. The molecule has 16 heavy (non-hydrogen) atoms. The topological polar surface area (TPSA) is 56.2 Å². The SMILES string of the molecule is NC1(c2cscn2)CC1.[C-]#[N+]c1cscn1. The molecule has 0 amide bonds. The Labute approximate surface area is 102 Å². The molecule has 2 aromatic heterocycles. The highest BCUT2D eigenvalue weighted by Gasteiger charge is 2.41. The Bertz CT molecular complexity index is 465. The molecular weight excluding hydrogens is 240 g/mol. The van der Waals surface area contributed by atoms with E-state index in [1.807, 2.05) is 10.9 Å². The number of rotatable bonds is 1. The molecule has 6 heteroatoms. The molecule has 3 rings (SSSR count). The van der Waals surface area contributed by atoms with Gasteiger partial charge in [0, 0.05) is 10.8 Å². The van der Waals surface area contributed by atoms with Gasteiger partial charge in [-0.25, -0.2) is 4.98 Å². The zero-order valence-electron chi connectivity index (χ0n) is 8.46. The van der Waals surface area contributed by atoms with Gasteiger partial charge in [-0.1, -0.05) is 6.57 Å². The van der Waals surface area contributed by atoms with Crippen LogP contribution in [-0.2, 0) is 5.54 Å². The summed E-state index contributed by atoms with van der Waals surface area (Å²) in [5, 5.41) is 3.75. The molecule has 0 radical (unpaired) electrons. The van der Waals surface area contributed by atoms with Crippen LogP contribution in [0.5, 0.6) is 0 Å². The summed E-state index contributed by atoms with van der Waals surface area (Å²) in [5.74, 6) is 0.491. The van der Waals surface area contributed by atoms with E-state index in [1.165, 1.54) is 11.3 Å². The molecule has 1 aliphatic rings. The zero-order valence-corrected chi connectivity index (χ0v) is 10.1. The molecule has 2 heterocycles. The molecule has 0 unspecified atom stereocenters. The van der Waals surface area contributed by atoms with Gasteiger partial charge in [-0.3, -0.25) is 0 Å². The van der Waals surface area contributed by atoms with Crippen molar-refractivity contribution in [3.63, 3.8) is 0 Å². The Morgan fingerprint density at radius 1 is 1.25 bits per heavy atom. The van der Waals surface area contributed by atoms with E-state index in [2.05, 4.69) is 14.8 Å². The van der Waals surface area contributed by atoms with Crippen molar-refractivity contribution in [2.75, 3.05) is 0 Å². The van der Waals surface area contributed by atoms with Crippen LogP contribution in [-0.4, -0.2) is 9.97 Å². The van der Waals surface area contributed by atoms with Crippen molar-refractivity contribution >= 4 is 28.5 Å². The van der Waals surface area contributed by atoms with Gasteiger partial charge in [-0.05, 0) is 12.8 Å². The quantitative estimate of drug-likeness (QED) is 0.792. The third-order valence-electron chi connectivity index (χ3n) is 2.26. The van der Waals surface area contributed by atoms with Crippen LogP contribution in [0.2, 0.25) is 0 Å². The van der Waals surface area contributed by atoms with E-state index in [0.717, 1.165) is 18.5 Å². The molecule has 1 fully saturated rings. The van der Waals surface area contributed by atoms with Crippen LogP contribution in [0.15, 0.2) is 21.8 Å². The number of nitrogens with two attached hydrogens (primary N) is 1. The van der Waals surface area contributed by atoms with Gasteiger partial charge in [-0.2, -0.15) is 0 Å². The second-order valence-electron chi connectivity index (χ2n) is 3.49. The summed E-state index contributed by atoms with van der Waals surface area (Å²) in [4.78, 5) is 10.9. The summed E-state index contributed by atoms with van der Waals surface area (Å²) in [5.41, 5.74) is 10.4. The van der Waals surface area contributed by atoms with E-state index in [-0.39, 0.29) is 5.54 Å². The molecule has 0 bridgehead atoms. The number of thiazole rings is 2. The molecule has 2 aromatic rings. The van der Waals surface area contributed by atoms with Gasteiger partial charge in [0.2, 0.25) is 0 Å². The lowest BCUT2D eigenvalue weighted by atomic mass is 10.2. The molecule has 0 atom stereocenters. The van der Waals surface area contributed by atoms with Crippen LogP contribution in [0.25, 0.3) is 4.85 Å². The van der Waals surface area contributed by atoms with Crippen LogP contribution in [0.3, 0.4) is 0 Å². The number of hydrogen-bond donors (Lipinski definition) is 1. The molecule has 1 aliphatic carbocycles. The largest absolute Gasteiger partial charge is 0.360 e. The monoisotopic (exact) mass is 250 g/mol. The molecule has 0 aromatic carbocycles. The van der Waals surface area contributed by atoms with Gasteiger partial charge in [-0.15, -0.1) is 27.7 Å². The van der Waals surface area contributed by atoms with Crippen LogP contribution >= 0.6 is 22.7 Å². The summed E-state index contributed by atoms with van der Waals surface area (Å²) < 4.78 is 0. The van der Waals surface area contributed by atoms with Crippen LogP contribution in [0.4, 0.5) is 5.82 Å². The first-order valence-electron chi connectivity index (χ1n) is 4.68. The normalized spacial score (nSPS) is 15.8. The highest BCUT2D eigenvalue weighted by Crippen LogP contribution is 2.41. The van der Waals surface area contributed by atoms with Crippen molar-refractivity contribution in [1.82, 2.24) is 9.97 Å². The van der Waals surface area contributed by atoms with E-state index in [9.17, 15) is 0 Å². The lowest BCUT2D eigenvalue weighted by Gasteiger charge is -2.00. The predicted molar refractivity (Wildman–Crippen MR) is 65.6 cm³/mol. The zero-order chi connectivity index (χ0) is 11.4. The van der Waals surface area contributed by atoms with E-state index in [4.69, 9.17) is 12.3 Å². The molecule has 0 aliphatic heterocycles. The lowest BCUT2D eigenvalue weighted by Crippen LogP contribution is -2.18. The number of aromatic nitrogens is 2. The van der Waals surface area contributed by atoms with Gasteiger partial charge in [0.1, 0.15) is 0 Å². The summed E-state index contributed by atoms with van der Waals surface area (Å²) in [6, 6.07) is 0. The fourth-order valence-electron chi connectivity index (χ4n) is 1.11. The van der Waals surface area contributed by atoms with Gasteiger partial charge in [0.05, 0.1) is 16.7 Å². The van der Waals surface area contributed by atoms with Crippen molar-refractivity contribution in [2.24, 2.45) is 5.73 Å². The van der Waals surface area contributed by atoms with Gasteiger partial charge in [0.15, 0.2) is 5.51 Å². The highest BCUT2D eigenvalue weighted by atomic mass is 32.1. The third kappa shape index (κ3) is 2.64. The molecule has 0 saturated heterocycles. The molecule has 1 saturated carbocycles. The van der Waals surface area contributed by atoms with E-state index >= 15 is 0 Å². The summed E-state index contributed by atoms with van der Waals surface area (Å²) in [7, 11) is 0. The Morgan fingerprint density at radius 3 is 2.31 bits per heavy atom. The smallest absolute Gasteiger partial charge is 0.280 e. The average Bonchev–Trinajstić information content (AvgIpc) is 2.88. The standard InChI is InChI=1S/C6H8N2S.C4H2N2S/c7-6(1-2-6)5-3-9-4-8-5;1-5-4-2-7-3-6-4/h3-4H,1-2,7H2;2-3H. The lowest BCUT2D eigenvalue weighted by molar-refractivity contribution is 0.715. The summed E-state index contributed by atoms with van der Waals surface area (Å²) in [6.07, 6.45) is 2.22. The van der Waals surface area contributed by atoms with E-state index < -0.39 is 0 Å². The summed E-state index contributed by atoms with van der Waals surface area (Å²) in [6.45, 7) is 6.43. The first kappa shape index (κ1) is 11.2. The number of hydrogen-bond acceptors (Lipinski definition) is 5. The maximum atomic E-state index is 6.43. The van der Waals surface area contributed by atoms with E-state index in [0.29, 0.717) is 5.82 Å². The van der Waals surface area contributed by atoms with Crippen molar-refractivity contribution in [2.45, 2.75) is 18.4 Å². The highest BCUT2D eigenvalue weighted by molar-refractivity contribution is 7.08. The average molecular weight is 250 g/mol. The van der Waals surface area contributed by atoms with Gasteiger partial charge < -0.3 is 10.6 Å².